The summed E-state index contributed by atoms with van der Waals surface area (Å²) in [7, 11) is 4.85. The average molecular weight is 728 g/mol. The number of allylic oxidation sites excluding steroid dienone is 1. The number of hydrogen-bond acceptors (Lipinski definition) is 8. The molecule has 2 aliphatic heterocycles. The van der Waals surface area contributed by atoms with Crippen LogP contribution in [0, 0.1) is 20.8 Å². The Labute approximate surface area is 313 Å². The fourth-order valence-corrected chi connectivity index (χ4v) is 7.61. The third-order valence-electron chi connectivity index (χ3n) is 10.9. The Hall–Kier alpha value is -4.32. The number of aromatic nitrogens is 4. The van der Waals surface area contributed by atoms with E-state index in [-0.39, 0.29) is 30.1 Å². The SMILES string of the molecule is CCc1c(C)c2cc3[nH]c(cc4nc(c(C)c5nc(cc1[nH]2)C(C)=C5C(=O)N(C)CCOCCOCCOC)[C@@H](CCC(=O)OC)[C@@H]4C)c(C)c3CC. The number of H-pyrrole nitrogens is 2. The molecule has 53 heavy (non-hydrogen) atoms. The number of hydrogen-bond donors (Lipinski definition) is 2. The Balaban J connectivity index is 1.70. The van der Waals surface area contributed by atoms with Crippen molar-refractivity contribution in [3.8, 4) is 0 Å². The smallest absolute Gasteiger partial charge is 0.305 e. The van der Waals surface area contributed by atoms with Crippen molar-refractivity contribution >= 4 is 45.1 Å². The molecular formula is C42H57N5O6. The Bertz CT molecular complexity index is 2030. The number of nitrogens with zero attached hydrogens (tertiary/aromatic N) is 3. The number of esters is 1. The van der Waals surface area contributed by atoms with Crippen molar-refractivity contribution in [1.82, 2.24) is 24.8 Å². The van der Waals surface area contributed by atoms with E-state index in [1.54, 1.807) is 19.1 Å². The average Bonchev–Trinajstić information content (AvgIpc) is 3.83. The van der Waals surface area contributed by atoms with Crippen molar-refractivity contribution in [2.75, 3.05) is 60.8 Å². The van der Waals surface area contributed by atoms with Crippen LogP contribution in [0.5, 0.6) is 0 Å². The molecule has 0 aromatic carbocycles. The van der Waals surface area contributed by atoms with Gasteiger partial charge in [0.2, 0.25) is 0 Å². The van der Waals surface area contributed by atoms with Crippen LogP contribution in [0.2, 0.25) is 0 Å². The lowest BCUT2D eigenvalue weighted by atomic mass is 9.85. The largest absolute Gasteiger partial charge is 0.469 e. The number of likely N-dealkylation sites (N-methyl/N-ethyl adjacent to an activating group) is 1. The maximum Gasteiger partial charge on any atom is 0.305 e. The van der Waals surface area contributed by atoms with E-state index in [0.29, 0.717) is 57.3 Å². The fraction of sp³-hybridized carbons (Fsp3) is 0.524. The number of ether oxygens (including phenoxy) is 4. The third-order valence-corrected chi connectivity index (χ3v) is 10.9. The molecule has 8 bridgehead atoms. The lowest BCUT2D eigenvalue weighted by Gasteiger charge is -2.20. The van der Waals surface area contributed by atoms with E-state index in [4.69, 9.17) is 28.9 Å². The molecule has 0 spiro atoms. The number of carbonyl (C=O) groups excluding carboxylic acids is 2. The molecule has 11 heteroatoms. The molecule has 2 aliphatic rings. The molecule has 5 rings (SSSR count). The van der Waals surface area contributed by atoms with Crippen LogP contribution in [0.4, 0.5) is 0 Å². The summed E-state index contributed by atoms with van der Waals surface area (Å²) in [4.78, 5) is 46.5. The molecule has 3 aromatic rings. The number of aromatic amines is 2. The van der Waals surface area contributed by atoms with E-state index in [2.05, 4.69) is 62.8 Å². The topological polar surface area (TPSA) is 132 Å². The lowest BCUT2D eigenvalue weighted by molar-refractivity contribution is -0.140. The molecule has 3 aromatic heterocycles. The van der Waals surface area contributed by atoms with Gasteiger partial charge in [0, 0.05) is 72.4 Å². The van der Waals surface area contributed by atoms with E-state index < -0.39 is 0 Å². The summed E-state index contributed by atoms with van der Waals surface area (Å²) in [6, 6.07) is 6.45. The molecule has 0 saturated carbocycles. The molecule has 0 saturated heterocycles. The van der Waals surface area contributed by atoms with E-state index in [1.807, 2.05) is 13.8 Å². The van der Waals surface area contributed by atoms with Crippen LogP contribution >= 0.6 is 0 Å². The number of rotatable bonds is 15. The molecule has 0 radical (unpaired) electrons. The second-order valence-electron chi connectivity index (χ2n) is 14.1. The van der Waals surface area contributed by atoms with Gasteiger partial charge >= 0.3 is 5.97 Å². The quantitative estimate of drug-likeness (QED) is 0.123. The number of amides is 1. The van der Waals surface area contributed by atoms with E-state index in [9.17, 15) is 9.59 Å². The van der Waals surface area contributed by atoms with Crippen molar-refractivity contribution < 1.29 is 28.5 Å². The summed E-state index contributed by atoms with van der Waals surface area (Å²) in [5.74, 6) is -0.456. The van der Waals surface area contributed by atoms with Gasteiger partial charge < -0.3 is 33.8 Å². The third kappa shape index (κ3) is 8.42. The molecule has 2 atom stereocenters. The summed E-state index contributed by atoms with van der Waals surface area (Å²) in [5, 5.41) is 0. The monoisotopic (exact) mass is 727 g/mol. The first-order chi connectivity index (χ1) is 25.4. The first-order valence-electron chi connectivity index (χ1n) is 18.9. The Kier molecular flexibility index (Phi) is 13.3. The van der Waals surface area contributed by atoms with Crippen LogP contribution in [0.3, 0.4) is 0 Å². The molecule has 1 amide bonds. The van der Waals surface area contributed by atoms with Gasteiger partial charge in [-0.25, -0.2) is 4.98 Å². The second-order valence-corrected chi connectivity index (χ2v) is 14.1. The van der Waals surface area contributed by atoms with Gasteiger partial charge in [-0.3, -0.25) is 14.6 Å². The highest BCUT2D eigenvalue weighted by Crippen LogP contribution is 2.43. The summed E-state index contributed by atoms with van der Waals surface area (Å²) in [6.45, 7) is 17.5. The highest BCUT2D eigenvalue weighted by atomic mass is 16.5. The van der Waals surface area contributed by atoms with Crippen LogP contribution in [0.15, 0.2) is 18.2 Å². The highest BCUT2D eigenvalue weighted by molar-refractivity contribution is 6.27. The normalized spacial score (nSPS) is 15.7. The lowest BCUT2D eigenvalue weighted by Crippen LogP contribution is -2.31. The minimum Gasteiger partial charge on any atom is -0.469 e. The zero-order valence-electron chi connectivity index (χ0n) is 33.2. The van der Waals surface area contributed by atoms with Crippen LogP contribution in [-0.2, 0) is 41.4 Å². The van der Waals surface area contributed by atoms with Crippen molar-refractivity contribution in [3.63, 3.8) is 0 Å². The maximum atomic E-state index is 14.4. The van der Waals surface area contributed by atoms with Crippen LogP contribution in [0.25, 0.3) is 33.2 Å². The first-order valence-corrected chi connectivity index (χ1v) is 18.9. The van der Waals surface area contributed by atoms with Crippen molar-refractivity contribution in [2.45, 2.75) is 86.0 Å². The summed E-state index contributed by atoms with van der Waals surface area (Å²) in [5.41, 5.74) is 14.3. The zero-order chi connectivity index (χ0) is 38.4. The molecule has 11 nitrogen and oxygen atoms in total. The van der Waals surface area contributed by atoms with Gasteiger partial charge in [-0.05, 0) is 98.5 Å². The van der Waals surface area contributed by atoms with E-state index in [1.165, 1.54) is 29.4 Å². The molecule has 286 valence electrons. The van der Waals surface area contributed by atoms with Gasteiger partial charge in [-0.15, -0.1) is 0 Å². The highest BCUT2D eigenvalue weighted by Gasteiger charge is 2.34. The number of fused-ring (bicyclic) bond motifs is 8. The van der Waals surface area contributed by atoms with Crippen molar-refractivity contribution in [2.24, 2.45) is 0 Å². The van der Waals surface area contributed by atoms with Crippen molar-refractivity contribution in [3.05, 3.63) is 68.8 Å². The van der Waals surface area contributed by atoms with E-state index >= 15 is 0 Å². The summed E-state index contributed by atoms with van der Waals surface area (Å²) < 4.78 is 21.3. The van der Waals surface area contributed by atoms with Crippen LogP contribution in [0.1, 0.15) is 103 Å². The Morgan fingerprint density at radius 2 is 1.40 bits per heavy atom. The number of carbonyl (C=O) groups is 2. The molecule has 0 unspecified atom stereocenters. The molecule has 5 heterocycles. The minimum atomic E-state index is -0.259. The van der Waals surface area contributed by atoms with E-state index in [0.717, 1.165) is 63.1 Å². The Morgan fingerprint density at radius 3 is 2.02 bits per heavy atom. The van der Waals surface area contributed by atoms with Gasteiger partial charge in [0.15, 0.2) is 0 Å². The number of aryl methyl sites for hydroxylation is 4. The fourth-order valence-electron chi connectivity index (χ4n) is 7.61. The minimum absolute atomic E-state index is 0.0138. The molecule has 0 aliphatic carbocycles. The van der Waals surface area contributed by atoms with Crippen LogP contribution < -0.4 is 0 Å². The Morgan fingerprint density at radius 1 is 0.792 bits per heavy atom. The van der Waals surface area contributed by atoms with Crippen molar-refractivity contribution in [1.29, 1.82) is 0 Å². The predicted molar refractivity (Wildman–Crippen MR) is 210 cm³/mol. The number of methoxy groups -OCH3 is 2. The van der Waals surface area contributed by atoms with Crippen LogP contribution in [-0.4, -0.2) is 97.6 Å². The first kappa shape index (κ1) is 39.9. The van der Waals surface area contributed by atoms with Gasteiger partial charge in [0.1, 0.15) is 0 Å². The zero-order valence-corrected chi connectivity index (χ0v) is 33.2. The standard InChI is InChI=1S/C42H57N5O6/c1-11-29-24(3)32-21-34-26(5)31(13-14-38(48)51-10)40(45-34)28(7)41-39(42(49)47(8)15-16-52-19-20-53-18-17-50-9)27(6)35(46-41)23-37-30(12-2)25(4)33(44-37)22-36(29)43-32/h21-23,26,31,43-44H,11-20H2,1-10H3/t26-,31-/m0/s1. The number of nitrogens with one attached hydrogen (secondary N) is 2. The van der Waals surface area contributed by atoms with Gasteiger partial charge in [0.25, 0.3) is 5.91 Å². The van der Waals surface area contributed by atoms with Gasteiger partial charge in [-0.1, -0.05) is 20.8 Å². The van der Waals surface area contributed by atoms with Gasteiger partial charge in [-0.2, -0.15) is 0 Å². The molecule has 2 N–H and O–H groups in total. The van der Waals surface area contributed by atoms with Gasteiger partial charge in [0.05, 0.1) is 57.1 Å². The maximum absolute atomic E-state index is 14.4. The molecule has 0 fully saturated rings. The summed E-state index contributed by atoms with van der Waals surface area (Å²) >= 11 is 0. The predicted octanol–water partition coefficient (Wildman–Crippen LogP) is 7.27. The summed E-state index contributed by atoms with van der Waals surface area (Å²) in [6.07, 6.45) is 2.54. The second kappa shape index (κ2) is 17.7. The molecular weight excluding hydrogens is 670 g/mol.